The van der Waals surface area contributed by atoms with Gasteiger partial charge in [-0.3, -0.25) is 4.79 Å². The van der Waals surface area contributed by atoms with Gasteiger partial charge in [-0.2, -0.15) is 0 Å². The van der Waals surface area contributed by atoms with E-state index in [1.807, 2.05) is 0 Å². The van der Waals surface area contributed by atoms with Gasteiger partial charge in [0.2, 0.25) is 5.91 Å². The molecule has 2 aromatic carbocycles. The number of alkyl carbamates (subject to hydrolysis) is 1. The maximum Gasteiger partial charge on any atom is 0.408 e. The Hall–Kier alpha value is -3.46. The Morgan fingerprint density at radius 3 is 2.27 bits per heavy atom. The van der Waals surface area contributed by atoms with Gasteiger partial charge in [0.25, 0.3) is 0 Å². The van der Waals surface area contributed by atoms with Gasteiger partial charge in [0.1, 0.15) is 24.5 Å². The van der Waals surface area contributed by atoms with E-state index in [2.05, 4.69) is 10.6 Å². The molecule has 160 valence electrons. The monoisotopic (exact) mass is 418 g/mol. The van der Waals surface area contributed by atoms with Gasteiger partial charge < -0.3 is 25.6 Å². The van der Waals surface area contributed by atoms with E-state index in [9.17, 15) is 29.0 Å². The number of carboxylic acids is 1. The zero-order chi connectivity index (χ0) is 22.1. The molecule has 0 spiro atoms. The number of carbonyl (C=O) groups is 3. The Bertz CT molecular complexity index is 875. The molecule has 0 radical (unpaired) electrons. The minimum atomic E-state index is -1.46. The number of carboxylic acid groups (broad SMARTS) is 1. The molecule has 0 fully saturated rings. The lowest BCUT2D eigenvalue weighted by Crippen LogP contribution is -2.56. The highest BCUT2D eigenvalue weighted by Crippen LogP contribution is 2.10. The standard InChI is InChI=1S/C21H23FN2O6/c1-13(25)18(24-21(29)30-12-14-7-3-2-4-8-14)19(26)23-17(20(27)28)11-15-9-5-6-10-16(15)22/h2-10,13,17-18,25H,11-12H2,1H3,(H,23,26)(H,24,29)(H,27,28)/t13-,17-,18+/m1/s1. The van der Waals surface area contributed by atoms with Gasteiger partial charge in [-0.1, -0.05) is 48.5 Å². The number of carbonyl (C=O) groups excluding carboxylic acids is 2. The average molecular weight is 418 g/mol. The van der Waals surface area contributed by atoms with Crippen molar-refractivity contribution in [2.75, 3.05) is 0 Å². The van der Waals surface area contributed by atoms with Crippen LogP contribution in [0.3, 0.4) is 0 Å². The van der Waals surface area contributed by atoms with E-state index >= 15 is 0 Å². The predicted molar refractivity (Wildman–Crippen MR) is 105 cm³/mol. The van der Waals surface area contributed by atoms with Crippen LogP contribution in [0.15, 0.2) is 54.6 Å². The van der Waals surface area contributed by atoms with Crippen LogP contribution in [0, 0.1) is 5.82 Å². The summed E-state index contributed by atoms with van der Waals surface area (Å²) in [6.45, 7) is 1.21. The first-order valence-corrected chi connectivity index (χ1v) is 9.19. The number of hydrogen-bond acceptors (Lipinski definition) is 5. The van der Waals surface area contributed by atoms with Crippen molar-refractivity contribution in [1.82, 2.24) is 10.6 Å². The highest BCUT2D eigenvalue weighted by atomic mass is 19.1. The third-order valence-electron chi connectivity index (χ3n) is 4.25. The Balaban J connectivity index is 1.99. The number of rotatable bonds is 9. The normalized spacial score (nSPS) is 13.6. The highest BCUT2D eigenvalue weighted by Gasteiger charge is 2.30. The molecule has 3 atom stereocenters. The fourth-order valence-electron chi connectivity index (χ4n) is 2.64. The van der Waals surface area contributed by atoms with Gasteiger partial charge >= 0.3 is 12.1 Å². The quantitative estimate of drug-likeness (QED) is 0.490. The van der Waals surface area contributed by atoms with E-state index in [0.29, 0.717) is 0 Å². The summed E-state index contributed by atoms with van der Waals surface area (Å²) in [5.41, 5.74) is 0.829. The molecule has 4 N–H and O–H groups in total. The van der Waals surface area contributed by atoms with Crippen molar-refractivity contribution in [3.63, 3.8) is 0 Å². The molecule has 9 heteroatoms. The summed E-state index contributed by atoms with van der Waals surface area (Å²) in [6.07, 6.45) is -2.60. The minimum absolute atomic E-state index is 0.0497. The van der Waals surface area contributed by atoms with Crippen molar-refractivity contribution in [3.8, 4) is 0 Å². The summed E-state index contributed by atoms with van der Waals surface area (Å²) in [6, 6.07) is 11.5. The number of ether oxygens (including phenoxy) is 1. The Morgan fingerprint density at radius 2 is 1.67 bits per heavy atom. The lowest BCUT2D eigenvalue weighted by Gasteiger charge is -2.23. The highest BCUT2D eigenvalue weighted by molar-refractivity contribution is 5.89. The molecule has 0 aromatic heterocycles. The van der Waals surface area contributed by atoms with Gasteiger partial charge in [0.15, 0.2) is 0 Å². The number of hydrogen-bond donors (Lipinski definition) is 4. The molecule has 2 amide bonds. The molecule has 2 aromatic rings. The Labute approximate surface area is 172 Å². The van der Waals surface area contributed by atoms with E-state index in [4.69, 9.17) is 4.74 Å². The van der Waals surface area contributed by atoms with Gasteiger partial charge in [-0.05, 0) is 24.1 Å². The largest absolute Gasteiger partial charge is 0.480 e. The van der Waals surface area contributed by atoms with Crippen molar-refractivity contribution < 1.29 is 33.7 Å². The third kappa shape index (κ3) is 6.85. The van der Waals surface area contributed by atoms with Crippen LogP contribution in [0.2, 0.25) is 0 Å². The molecule has 0 aliphatic rings. The van der Waals surface area contributed by atoms with Gasteiger partial charge in [-0.25, -0.2) is 14.0 Å². The molecule has 0 heterocycles. The van der Waals surface area contributed by atoms with Crippen LogP contribution in [0.5, 0.6) is 0 Å². The van der Waals surface area contributed by atoms with Crippen LogP contribution in [0.4, 0.5) is 9.18 Å². The Morgan fingerprint density at radius 1 is 1.03 bits per heavy atom. The molecule has 0 bridgehead atoms. The van der Waals surface area contributed by atoms with Gasteiger partial charge in [-0.15, -0.1) is 0 Å². The molecule has 0 aliphatic heterocycles. The maximum absolute atomic E-state index is 13.8. The molecule has 30 heavy (non-hydrogen) atoms. The zero-order valence-electron chi connectivity index (χ0n) is 16.2. The molecule has 0 saturated heterocycles. The second kappa shape index (κ2) is 10.9. The first-order valence-electron chi connectivity index (χ1n) is 9.19. The average Bonchev–Trinajstić information content (AvgIpc) is 2.71. The van der Waals surface area contributed by atoms with Gasteiger partial charge in [0.05, 0.1) is 6.10 Å². The van der Waals surface area contributed by atoms with Gasteiger partial charge in [0, 0.05) is 6.42 Å². The smallest absolute Gasteiger partial charge is 0.408 e. The lowest BCUT2D eigenvalue weighted by molar-refractivity contribution is -0.142. The number of nitrogens with one attached hydrogen (secondary N) is 2. The number of benzene rings is 2. The number of aliphatic hydroxyl groups is 1. The fraction of sp³-hybridized carbons (Fsp3) is 0.286. The molecular formula is C21H23FN2O6. The topological polar surface area (TPSA) is 125 Å². The van der Waals surface area contributed by atoms with Crippen LogP contribution < -0.4 is 10.6 Å². The van der Waals surface area contributed by atoms with E-state index in [-0.39, 0.29) is 18.6 Å². The number of halogens is 1. The molecular weight excluding hydrogens is 395 g/mol. The molecule has 0 aliphatic carbocycles. The first kappa shape index (κ1) is 22.8. The molecule has 8 nitrogen and oxygen atoms in total. The van der Waals surface area contributed by atoms with Crippen molar-refractivity contribution >= 4 is 18.0 Å². The third-order valence-corrected chi connectivity index (χ3v) is 4.25. The minimum Gasteiger partial charge on any atom is -0.480 e. The van der Waals surface area contributed by atoms with Crippen LogP contribution in [-0.2, 0) is 27.4 Å². The van der Waals surface area contributed by atoms with E-state index in [1.54, 1.807) is 36.4 Å². The maximum atomic E-state index is 13.8. The number of aliphatic carboxylic acids is 1. The second-order valence-corrected chi connectivity index (χ2v) is 6.62. The van der Waals surface area contributed by atoms with E-state index in [0.717, 1.165) is 5.56 Å². The first-order chi connectivity index (χ1) is 14.3. The fourth-order valence-corrected chi connectivity index (χ4v) is 2.64. The number of aliphatic hydroxyl groups excluding tert-OH is 1. The van der Waals surface area contributed by atoms with Crippen molar-refractivity contribution in [3.05, 3.63) is 71.5 Å². The van der Waals surface area contributed by atoms with E-state index < -0.39 is 42.0 Å². The Kier molecular flexibility index (Phi) is 8.30. The van der Waals surface area contributed by atoms with Crippen molar-refractivity contribution in [2.45, 2.75) is 38.1 Å². The van der Waals surface area contributed by atoms with Crippen LogP contribution in [0.25, 0.3) is 0 Å². The van der Waals surface area contributed by atoms with Crippen molar-refractivity contribution in [2.24, 2.45) is 0 Å². The van der Waals surface area contributed by atoms with Crippen LogP contribution in [-0.4, -0.2) is 46.4 Å². The summed E-state index contributed by atoms with van der Waals surface area (Å²) >= 11 is 0. The molecule has 2 rings (SSSR count). The van der Waals surface area contributed by atoms with Crippen LogP contribution >= 0.6 is 0 Å². The summed E-state index contributed by atoms with van der Waals surface area (Å²) in [5.74, 6) is -2.93. The number of amides is 2. The summed E-state index contributed by atoms with van der Waals surface area (Å²) in [4.78, 5) is 36.0. The molecule has 0 saturated carbocycles. The summed E-state index contributed by atoms with van der Waals surface area (Å²) in [5, 5.41) is 23.7. The lowest BCUT2D eigenvalue weighted by atomic mass is 10.0. The SMILES string of the molecule is C[C@@H](O)[C@H](NC(=O)OCc1ccccc1)C(=O)N[C@H](Cc1ccccc1F)C(=O)O. The summed E-state index contributed by atoms with van der Waals surface area (Å²) < 4.78 is 18.8. The predicted octanol–water partition coefficient (Wildman–Crippen LogP) is 1.61. The van der Waals surface area contributed by atoms with Crippen molar-refractivity contribution in [1.29, 1.82) is 0 Å². The second-order valence-electron chi connectivity index (χ2n) is 6.62. The zero-order valence-corrected chi connectivity index (χ0v) is 16.2. The van der Waals surface area contributed by atoms with Crippen LogP contribution in [0.1, 0.15) is 18.1 Å². The molecule has 0 unspecified atom stereocenters. The van der Waals surface area contributed by atoms with E-state index in [1.165, 1.54) is 25.1 Å². The summed E-state index contributed by atoms with van der Waals surface area (Å²) in [7, 11) is 0.